The first-order valence-corrected chi connectivity index (χ1v) is 11.1. The quantitative estimate of drug-likeness (QED) is 0.527. The lowest BCUT2D eigenvalue weighted by Gasteiger charge is -2.19. The van der Waals surface area contributed by atoms with Gasteiger partial charge in [0.05, 0.1) is 27.8 Å². The molecule has 1 aromatic heterocycles. The van der Waals surface area contributed by atoms with E-state index in [2.05, 4.69) is 15.0 Å². The van der Waals surface area contributed by atoms with Gasteiger partial charge in [-0.25, -0.2) is 17.8 Å². The lowest BCUT2D eigenvalue weighted by molar-refractivity contribution is 0.0897. The maximum Gasteiger partial charge on any atom is 0.263 e. The Hall–Kier alpha value is -2.56. The first-order chi connectivity index (χ1) is 13.7. The van der Waals surface area contributed by atoms with Crippen LogP contribution in [0.25, 0.3) is 10.2 Å². The van der Waals surface area contributed by atoms with Crippen LogP contribution in [0.3, 0.4) is 0 Å². The van der Waals surface area contributed by atoms with Crippen LogP contribution in [0.2, 0.25) is 0 Å². The largest absolute Gasteiger partial charge is 0.394 e. The Labute approximate surface area is 171 Å². The molecule has 10 heteroatoms. The molecule has 0 saturated carbocycles. The number of anilines is 1. The second-order valence-electron chi connectivity index (χ2n) is 6.77. The van der Waals surface area contributed by atoms with Gasteiger partial charge in [-0.05, 0) is 48.4 Å². The minimum Gasteiger partial charge on any atom is -0.394 e. The average molecular weight is 438 g/mol. The normalized spacial score (nSPS) is 12.9. The zero-order valence-corrected chi connectivity index (χ0v) is 17.3. The zero-order chi connectivity index (χ0) is 21.2. The number of sulfonamides is 1. The van der Waals surface area contributed by atoms with E-state index in [9.17, 15) is 22.7 Å². The molecule has 0 bridgehead atoms. The monoisotopic (exact) mass is 437 g/mol. The molecule has 154 valence electrons. The van der Waals surface area contributed by atoms with Crippen LogP contribution >= 0.6 is 11.3 Å². The maximum atomic E-state index is 13.0. The number of hydrogen-bond donors (Lipinski definition) is 3. The first kappa shape index (κ1) is 21.2. The van der Waals surface area contributed by atoms with Crippen molar-refractivity contribution in [1.82, 2.24) is 10.3 Å². The number of halogens is 1. The summed E-state index contributed by atoms with van der Waals surface area (Å²) in [6, 6.07) is 8.93. The Balaban J connectivity index is 1.82. The predicted molar refractivity (Wildman–Crippen MR) is 110 cm³/mol. The molecule has 0 aliphatic heterocycles. The van der Waals surface area contributed by atoms with Gasteiger partial charge in [-0.15, -0.1) is 0 Å². The molecule has 0 saturated heterocycles. The Morgan fingerprint density at radius 2 is 1.90 bits per heavy atom. The standard InChI is InChI=1S/C19H20FN3O4S2/c1-11(2)16(10-24)21-18(25)12-3-8-15-17(9-12)28-19(22-15)23-29(26,27)14-6-4-13(20)5-7-14/h3-9,11,16,24H,10H2,1-2H3,(H,21,25)(H,22,23). The molecule has 7 nitrogen and oxygen atoms in total. The highest BCUT2D eigenvalue weighted by atomic mass is 32.2. The van der Waals surface area contributed by atoms with Gasteiger partial charge in [0.25, 0.3) is 15.9 Å². The highest BCUT2D eigenvalue weighted by Crippen LogP contribution is 2.28. The third kappa shape index (κ3) is 4.89. The van der Waals surface area contributed by atoms with Crippen LogP contribution in [0.4, 0.5) is 9.52 Å². The van der Waals surface area contributed by atoms with Gasteiger partial charge in [0.15, 0.2) is 5.13 Å². The van der Waals surface area contributed by atoms with Crippen molar-refractivity contribution in [2.45, 2.75) is 24.8 Å². The van der Waals surface area contributed by atoms with Crippen LogP contribution < -0.4 is 10.0 Å². The molecule has 0 fully saturated rings. The zero-order valence-electron chi connectivity index (χ0n) is 15.7. The lowest BCUT2D eigenvalue weighted by Crippen LogP contribution is -2.41. The summed E-state index contributed by atoms with van der Waals surface area (Å²) < 4.78 is 40.9. The molecular formula is C19H20FN3O4S2. The molecule has 0 aliphatic carbocycles. The molecule has 3 rings (SSSR count). The summed E-state index contributed by atoms with van der Waals surface area (Å²) in [4.78, 5) is 16.6. The Morgan fingerprint density at radius 3 is 2.52 bits per heavy atom. The summed E-state index contributed by atoms with van der Waals surface area (Å²) in [6.45, 7) is 3.63. The third-order valence-electron chi connectivity index (χ3n) is 4.31. The van der Waals surface area contributed by atoms with E-state index in [1.807, 2.05) is 13.8 Å². The van der Waals surface area contributed by atoms with Crippen molar-refractivity contribution in [2.24, 2.45) is 5.92 Å². The van der Waals surface area contributed by atoms with Crippen molar-refractivity contribution in [3.63, 3.8) is 0 Å². The maximum absolute atomic E-state index is 13.0. The molecule has 3 N–H and O–H groups in total. The number of hydrogen-bond acceptors (Lipinski definition) is 6. The van der Waals surface area contributed by atoms with Crippen molar-refractivity contribution < 1.29 is 22.7 Å². The van der Waals surface area contributed by atoms with Crippen molar-refractivity contribution in [2.75, 3.05) is 11.3 Å². The van der Waals surface area contributed by atoms with Gasteiger partial charge in [-0.2, -0.15) is 0 Å². The molecule has 0 aliphatic rings. The highest BCUT2D eigenvalue weighted by Gasteiger charge is 2.19. The Morgan fingerprint density at radius 1 is 1.21 bits per heavy atom. The van der Waals surface area contributed by atoms with Crippen LogP contribution in [-0.2, 0) is 10.0 Å². The summed E-state index contributed by atoms with van der Waals surface area (Å²) >= 11 is 1.08. The molecule has 3 aromatic rings. The second kappa shape index (κ2) is 8.44. The number of nitrogens with one attached hydrogen (secondary N) is 2. The number of nitrogens with zero attached hydrogens (tertiary/aromatic N) is 1. The van der Waals surface area contributed by atoms with Gasteiger partial charge in [0, 0.05) is 5.56 Å². The van der Waals surface area contributed by atoms with Gasteiger partial charge in [0.1, 0.15) is 5.82 Å². The number of aliphatic hydroxyl groups excluding tert-OH is 1. The van der Waals surface area contributed by atoms with E-state index in [-0.39, 0.29) is 34.5 Å². The van der Waals surface area contributed by atoms with Crippen LogP contribution in [0.1, 0.15) is 24.2 Å². The summed E-state index contributed by atoms with van der Waals surface area (Å²) in [5, 5.41) is 12.3. The lowest BCUT2D eigenvalue weighted by atomic mass is 10.0. The fraction of sp³-hybridized carbons (Fsp3) is 0.263. The van der Waals surface area contributed by atoms with E-state index >= 15 is 0 Å². The van der Waals surface area contributed by atoms with Gasteiger partial charge in [0.2, 0.25) is 0 Å². The van der Waals surface area contributed by atoms with Crippen molar-refractivity contribution in [1.29, 1.82) is 0 Å². The molecule has 29 heavy (non-hydrogen) atoms. The summed E-state index contributed by atoms with van der Waals surface area (Å²) in [6.07, 6.45) is 0. The number of amides is 1. The number of thiazole rings is 1. The van der Waals surface area contributed by atoms with Gasteiger partial charge in [-0.3, -0.25) is 9.52 Å². The number of aromatic nitrogens is 1. The van der Waals surface area contributed by atoms with E-state index in [0.717, 1.165) is 23.5 Å². The molecule has 0 radical (unpaired) electrons. The van der Waals surface area contributed by atoms with E-state index in [4.69, 9.17) is 0 Å². The van der Waals surface area contributed by atoms with E-state index < -0.39 is 15.8 Å². The number of fused-ring (bicyclic) bond motifs is 1. The average Bonchev–Trinajstić information content (AvgIpc) is 3.06. The smallest absolute Gasteiger partial charge is 0.263 e. The van der Waals surface area contributed by atoms with Crippen LogP contribution in [-0.4, -0.2) is 37.1 Å². The summed E-state index contributed by atoms with van der Waals surface area (Å²) in [7, 11) is -3.91. The summed E-state index contributed by atoms with van der Waals surface area (Å²) in [5.74, 6) is -0.791. The molecule has 1 amide bonds. The molecule has 2 aromatic carbocycles. The number of benzene rings is 2. The van der Waals surface area contributed by atoms with Crippen LogP contribution in [0.5, 0.6) is 0 Å². The number of rotatable bonds is 7. The second-order valence-corrected chi connectivity index (χ2v) is 9.48. The van der Waals surface area contributed by atoms with Gasteiger partial charge < -0.3 is 10.4 Å². The SMILES string of the molecule is CC(C)C(CO)NC(=O)c1ccc2nc(NS(=O)(=O)c3ccc(F)cc3)sc2c1. The van der Waals surface area contributed by atoms with E-state index in [1.54, 1.807) is 18.2 Å². The molecule has 0 spiro atoms. The Kier molecular flexibility index (Phi) is 6.15. The number of aliphatic hydroxyl groups is 1. The van der Waals surface area contributed by atoms with Crippen LogP contribution in [0.15, 0.2) is 47.4 Å². The van der Waals surface area contributed by atoms with Crippen molar-refractivity contribution in [3.8, 4) is 0 Å². The molecular weight excluding hydrogens is 417 g/mol. The highest BCUT2D eigenvalue weighted by molar-refractivity contribution is 7.93. The molecule has 1 atom stereocenters. The van der Waals surface area contributed by atoms with Crippen molar-refractivity contribution in [3.05, 3.63) is 53.8 Å². The third-order valence-corrected chi connectivity index (χ3v) is 6.73. The Bertz CT molecular complexity index is 1130. The topological polar surface area (TPSA) is 108 Å². The fourth-order valence-electron chi connectivity index (χ4n) is 2.57. The number of carbonyl (C=O) groups is 1. The van der Waals surface area contributed by atoms with Gasteiger partial charge >= 0.3 is 0 Å². The summed E-state index contributed by atoms with van der Waals surface area (Å²) in [5.41, 5.74) is 0.916. The molecule has 1 heterocycles. The predicted octanol–water partition coefficient (Wildman–Crippen LogP) is 2.98. The number of carbonyl (C=O) groups excluding carboxylic acids is 1. The minimum absolute atomic E-state index is 0.0727. The first-order valence-electron chi connectivity index (χ1n) is 8.80. The fourth-order valence-corrected chi connectivity index (χ4v) is 4.71. The van der Waals surface area contributed by atoms with E-state index in [0.29, 0.717) is 15.8 Å². The minimum atomic E-state index is -3.91. The van der Waals surface area contributed by atoms with Crippen LogP contribution in [0, 0.1) is 11.7 Å². The molecule has 1 unspecified atom stereocenters. The van der Waals surface area contributed by atoms with Crippen molar-refractivity contribution >= 4 is 42.6 Å². The van der Waals surface area contributed by atoms with Gasteiger partial charge in [-0.1, -0.05) is 25.2 Å². The van der Waals surface area contributed by atoms with E-state index in [1.165, 1.54) is 12.1 Å².